The van der Waals surface area contributed by atoms with Crippen LogP contribution in [0.25, 0.3) is 22.0 Å². The minimum atomic E-state index is -0.905. The molecule has 1 N–H and O–H groups in total. The van der Waals surface area contributed by atoms with Crippen molar-refractivity contribution in [3.8, 4) is 11.1 Å². The van der Waals surface area contributed by atoms with Gasteiger partial charge in [0.25, 0.3) is 0 Å². The van der Waals surface area contributed by atoms with E-state index in [4.69, 9.17) is 0 Å². The lowest BCUT2D eigenvalue weighted by Gasteiger charge is -2.19. The summed E-state index contributed by atoms with van der Waals surface area (Å²) in [6.07, 6.45) is 3.51. The van der Waals surface area contributed by atoms with Crippen LogP contribution in [0.1, 0.15) is 19.5 Å². The molecule has 4 nitrogen and oxygen atoms in total. The van der Waals surface area contributed by atoms with Crippen molar-refractivity contribution in [3.63, 3.8) is 0 Å². The van der Waals surface area contributed by atoms with E-state index in [-0.39, 0.29) is 0 Å². The Morgan fingerprint density at radius 2 is 1.75 bits per heavy atom. The van der Waals surface area contributed by atoms with Gasteiger partial charge in [0.05, 0.1) is 5.52 Å². The molecule has 0 bridgehead atoms. The molecule has 0 unspecified atom stereocenters. The Bertz CT molecular complexity index is 922. The normalized spacial score (nSPS) is 11.6. The Balaban J connectivity index is 2.11. The quantitative estimate of drug-likeness (QED) is 0.707. The van der Waals surface area contributed by atoms with Gasteiger partial charge in [0, 0.05) is 28.4 Å². The topological polar surface area (TPSA) is 63.1 Å². The molecule has 2 aromatic heterocycles. The summed E-state index contributed by atoms with van der Waals surface area (Å²) in [6.45, 7) is 5.38. The Hall–Kier alpha value is -2.40. The number of rotatable bonds is 4. The van der Waals surface area contributed by atoms with E-state index in [0.717, 1.165) is 32.6 Å². The Morgan fingerprint density at radius 3 is 2.46 bits per heavy atom. The second kappa shape index (κ2) is 6.24. The zero-order valence-corrected chi connectivity index (χ0v) is 14.6. The third kappa shape index (κ3) is 3.26. The maximum absolute atomic E-state index is 11.4. The van der Waals surface area contributed by atoms with E-state index in [1.165, 1.54) is 11.8 Å². The molecule has 0 radical (unpaired) electrons. The summed E-state index contributed by atoms with van der Waals surface area (Å²) in [5.74, 6) is -0.835. The molecule has 0 spiro atoms. The summed E-state index contributed by atoms with van der Waals surface area (Å²) in [4.78, 5) is 21.0. The smallest absolute Gasteiger partial charge is 0.319 e. The number of fused-ring (bicyclic) bond motifs is 1. The van der Waals surface area contributed by atoms with E-state index in [0.29, 0.717) is 0 Å². The summed E-state index contributed by atoms with van der Waals surface area (Å²) in [5.41, 5.74) is 3.97. The van der Waals surface area contributed by atoms with Crippen molar-refractivity contribution in [3.05, 3.63) is 54.5 Å². The van der Waals surface area contributed by atoms with Gasteiger partial charge < -0.3 is 5.11 Å². The van der Waals surface area contributed by atoms with E-state index < -0.39 is 10.7 Å². The van der Waals surface area contributed by atoms with Crippen LogP contribution >= 0.6 is 11.8 Å². The van der Waals surface area contributed by atoms with Gasteiger partial charge in [-0.05, 0) is 62.2 Å². The molecule has 122 valence electrons. The van der Waals surface area contributed by atoms with Gasteiger partial charge in [-0.1, -0.05) is 6.07 Å². The molecule has 0 atom stereocenters. The maximum atomic E-state index is 11.4. The monoisotopic (exact) mass is 338 g/mol. The molecular weight excluding hydrogens is 320 g/mol. The summed E-state index contributed by atoms with van der Waals surface area (Å²) in [6, 6.07) is 11.9. The van der Waals surface area contributed by atoms with Crippen molar-refractivity contribution in [2.45, 2.75) is 30.4 Å². The number of carboxylic acids is 1. The van der Waals surface area contributed by atoms with Crippen LogP contribution in [0.2, 0.25) is 0 Å². The third-order valence-electron chi connectivity index (χ3n) is 3.81. The Kier molecular flexibility index (Phi) is 4.28. The Labute approximate surface area is 145 Å². The number of thioether (sulfide) groups is 1. The van der Waals surface area contributed by atoms with Gasteiger partial charge in [0.2, 0.25) is 0 Å². The lowest BCUT2D eigenvalue weighted by Crippen LogP contribution is -2.26. The lowest BCUT2D eigenvalue weighted by atomic mass is 10.0. The first kappa shape index (κ1) is 16.5. The molecule has 5 heteroatoms. The molecule has 24 heavy (non-hydrogen) atoms. The van der Waals surface area contributed by atoms with Gasteiger partial charge >= 0.3 is 5.97 Å². The lowest BCUT2D eigenvalue weighted by molar-refractivity contribution is -0.138. The van der Waals surface area contributed by atoms with Crippen molar-refractivity contribution in [1.29, 1.82) is 0 Å². The highest BCUT2D eigenvalue weighted by atomic mass is 32.2. The number of carbonyl (C=O) groups is 1. The molecule has 0 amide bonds. The number of hydrogen-bond donors (Lipinski definition) is 1. The molecule has 0 fully saturated rings. The fourth-order valence-electron chi connectivity index (χ4n) is 2.43. The van der Waals surface area contributed by atoms with Crippen molar-refractivity contribution in [2.75, 3.05) is 0 Å². The van der Waals surface area contributed by atoms with Gasteiger partial charge in [-0.15, -0.1) is 11.8 Å². The number of pyridine rings is 2. The maximum Gasteiger partial charge on any atom is 0.319 e. The highest BCUT2D eigenvalue weighted by Crippen LogP contribution is 2.37. The summed E-state index contributed by atoms with van der Waals surface area (Å²) in [5, 5.41) is 10.4. The van der Waals surface area contributed by atoms with Gasteiger partial charge in [-0.25, -0.2) is 0 Å². The molecule has 3 aromatic rings. The number of benzene rings is 1. The van der Waals surface area contributed by atoms with Gasteiger partial charge in [-0.2, -0.15) is 0 Å². The van der Waals surface area contributed by atoms with Gasteiger partial charge in [0.15, 0.2) is 0 Å². The van der Waals surface area contributed by atoms with Crippen molar-refractivity contribution < 1.29 is 9.90 Å². The molecule has 0 aliphatic heterocycles. The molecule has 0 aliphatic rings. The number of aliphatic carboxylic acids is 1. The van der Waals surface area contributed by atoms with E-state index in [1.807, 2.05) is 37.3 Å². The van der Waals surface area contributed by atoms with E-state index in [2.05, 4.69) is 16.0 Å². The number of aromatic nitrogens is 2. The number of aryl methyl sites for hydroxylation is 1. The summed E-state index contributed by atoms with van der Waals surface area (Å²) < 4.78 is -0.905. The predicted octanol–water partition coefficient (Wildman–Crippen LogP) is 4.56. The molecular formula is C19H18N2O2S. The van der Waals surface area contributed by atoms with E-state index >= 15 is 0 Å². The zero-order chi connectivity index (χ0) is 17.3. The first-order chi connectivity index (χ1) is 11.4. The third-order valence-corrected chi connectivity index (χ3v) is 5.07. The highest BCUT2D eigenvalue weighted by molar-refractivity contribution is 8.01. The summed E-state index contributed by atoms with van der Waals surface area (Å²) in [7, 11) is 0. The zero-order valence-electron chi connectivity index (χ0n) is 13.8. The van der Waals surface area contributed by atoms with Crippen LogP contribution in [-0.2, 0) is 4.79 Å². The van der Waals surface area contributed by atoms with E-state index in [1.54, 1.807) is 26.2 Å². The second-order valence-corrected chi connectivity index (χ2v) is 7.81. The predicted molar refractivity (Wildman–Crippen MR) is 97.3 cm³/mol. The van der Waals surface area contributed by atoms with Crippen LogP contribution in [0, 0.1) is 6.92 Å². The van der Waals surface area contributed by atoms with Crippen LogP contribution in [0.5, 0.6) is 0 Å². The van der Waals surface area contributed by atoms with Crippen LogP contribution in [0.4, 0.5) is 0 Å². The molecule has 0 aliphatic carbocycles. The summed E-state index contributed by atoms with van der Waals surface area (Å²) >= 11 is 1.34. The molecule has 0 saturated heterocycles. The average molecular weight is 338 g/mol. The van der Waals surface area contributed by atoms with Crippen LogP contribution in [0.15, 0.2) is 53.7 Å². The van der Waals surface area contributed by atoms with Crippen molar-refractivity contribution >= 4 is 28.6 Å². The molecule has 3 rings (SSSR count). The first-order valence-corrected chi connectivity index (χ1v) is 8.43. The second-order valence-electron chi connectivity index (χ2n) is 6.14. The van der Waals surface area contributed by atoms with Gasteiger partial charge in [0.1, 0.15) is 4.75 Å². The SMILES string of the molecule is Cc1cc(-c2ccc3nccc(SC(C)(C)C(=O)O)c3c2)ccn1. The Morgan fingerprint density at radius 1 is 1.04 bits per heavy atom. The average Bonchev–Trinajstić information content (AvgIpc) is 2.54. The van der Waals surface area contributed by atoms with E-state index in [9.17, 15) is 9.90 Å². The van der Waals surface area contributed by atoms with Crippen LogP contribution < -0.4 is 0 Å². The fraction of sp³-hybridized carbons (Fsp3) is 0.211. The largest absolute Gasteiger partial charge is 0.480 e. The van der Waals surface area contributed by atoms with Gasteiger partial charge in [-0.3, -0.25) is 14.8 Å². The minimum absolute atomic E-state index is 0.835. The van der Waals surface area contributed by atoms with Crippen molar-refractivity contribution in [1.82, 2.24) is 9.97 Å². The number of nitrogens with zero attached hydrogens (tertiary/aromatic N) is 2. The molecule has 0 saturated carbocycles. The number of hydrogen-bond acceptors (Lipinski definition) is 4. The first-order valence-electron chi connectivity index (χ1n) is 7.61. The standard InChI is InChI=1S/C19H18N2O2S/c1-12-10-14(6-8-20-12)13-4-5-16-15(11-13)17(7-9-21-16)24-19(2,3)18(22)23/h4-11H,1-3H3,(H,22,23). The highest BCUT2D eigenvalue weighted by Gasteiger charge is 2.29. The molecule has 2 heterocycles. The molecule has 1 aromatic carbocycles. The minimum Gasteiger partial charge on any atom is -0.480 e. The van der Waals surface area contributed by atoms with Crippen molar-refractivity contribution in [2.24, 2.45) is 0 Å². The van der Waals surface area contributed by atoms with Crippen LogP contribution in [-0.4, -0.2) is 25.8 Å². The fourth-order valence-corrected chi connectivity index (χ4v) is 3.47. The number of carboxylic acid groups (broad SMARTS) is 1. The van der Waals surface area contributed by atoms with Crippen LogP contribution in [0.3, 0.4) is 0 Å².